The van der Waals surface area contributed by atoms with Crippen molar-refractivity contribution in [1.82, 2.24) is 10.3 Å². The number of methoxy groups -OCH3 is 1. The third-order valence-electron chi connectivity index (χ3n) is 4.09. The van der Waals surface area contributed by atoms with E-state index in [0.29, 0.717) is 18.7 Å². The van der Waals surface area contributed by atoms with Gasteiger partial charge in [-0.1, -0.05) is 18.2 Å². The summed E-state index contributed by atoms with van der Waals surface area (Å²) in [6.07, 6.45) is 2.67. The average molecular weight is 328 g/mol. The Morgan fingerprint density at radius 1 is 1.25 bits per heavy atom. The van der Waals surface area contributed by atoms with Gasteiger partial charge in [0, 0.05) is 24.7 Å². The molecule has 0 atom stereocenters. The summed E-state index contributed by atoms with van der Waals surface area (Å²) in [5.41, 5.74) is 3.26. The first-order valence-electron chi connectivity index (χ1n) is 8.04. The molecule has 2 aromatic rings. The van der Waals surface area contributed by atoms with Gasteiger partial charge in [0.2, 0.25) is 0 Å². The first kappa shape index (κ1) is 16.4. The number of pyridine rings is 1. The predicted octanol–water partition coefficient (Wildman–Crippen LogP) is 1.64. The number of para-hydroxylation sites is 1. The van der Waals surface area contributed by atoms with Gasteiger partial charge in [-0.05, 0) is 30.9 Å². The van der Waals surface area contributed by atoms with Crippen LogP contribution in [-0.4, -0.2) is 43.7 Å². The number of ether oxygens (including phenoxy) is 2. The van der Waals surface area contributed by atoms with Crippen LogP contribution in [0.3, 0.4) is 0 Å². The Bertz CT molecular complexity index is 773. The summed E-state index contributed by atoms with van der Waals surface area (Å²) < 4.78 is 10.1. The van der Waals surface area contributed by atoms with Crippen LogP contribution in [0.2, 0.25) is 0 Å². The highest BCUT2D eigenvalue weighted by Crippen LogP contribution is 2.30. The van der Waals surface area contributed by atoms with Crippen LogP contribution in [0.15, 0.2) is 24.3 Å². The van der Waals surface area contributed by atoms with E-state index in [4.69, 9.17) is 9.47 Å². The number of aryl methyl sites for hydroxylation is 1. The lowest BCUT2D eigenvalue weighted by atomic mass is 10.0. The highest BCUT2D eigenvalue weighted by Gasteiger charge is 2.25. The Hall–Kier alpha value is -2.47. The standard InChI is InChI=1S/C18H20N2O4/c1-23-10-9-19-16(21)11-24-18(22)17-12-5-2-3-7-14(12)20-15-8-4-6-13(15)17/h2-3,5,7H,4,6,8-11H2,1H3,(H,19,21). The molecule has 1 aliphatic carbocycles. The molecule has 0 spiro atoms. The number of hydrogen-bond donors (Lipinski definition) is 1. The molecular formula is C18H20N2O4. The van der Waals surface area contributed by atoms with Crippen molar-refractivity contribution in [2.75, 3.05) is 26.9 Å². The molecule has 1 heterocycles. The van der Waals surface area contributed by atoms with Crippen LogP contribution in [0.4, 0.5) is 0 Å². The third kappa shape index (κ3) is 3.38. The van der Waals surface area contributed by atoms with Crippen LogP contribution in [0.5, 0.6) is 0 Å². The molecule has 0 saturated carbocycles. The molecule has 1 aromatic heterocycles. The monoisotopic (exact) mass is 328 g/mol. The van der Waals surface area contributed by atoms with Gasteiger partial charge in [-0.15, -0.1) is 0 Å². The molecule has 0 unspecified atom stereocenters. The van der Waals surface area contributed by atoms with E-state index in [2.05, 4.69) is 10.3 Å². The zero-order chi connectivity index (χ0) is 16.9. The average Bonchev–Trinajstić information content (AvgIpc) is 3.05. The molecule has 1 amide bonds. The molecule has 0 radical (unpaired) electrons. The van der Waals surface area contributed by atoms with E-state index < -0.39 is 5.97 Å². The van der Waals surface area contributed by atoms with E-state index in [1.54, 1.807) is 7.11 Å². The molecule has 1 N–H and O–H groups in total. The molecule has 126 valence electrons. The minimum absolute atomic E-state index is 0.298. The van der Waals surface area contributed by atoms with Gasteiger partial charge in [0.1, 0.15) is 0 Å². The van der Waals surface area contributed by atoms with Gasteiger partial charge in [-0.25, -0.2) is 4.79 Å². The number of amides is 1. The lowest BCUT2D eigenvalue weighted by molar-refractivity contribution is -0.124. The number of esters is 1. The van der Waals surface area contributed by atoms with Crippen LogP contribution in [0, 0.1) is 0 Å². The lowest BCUT2D eigenvalue weighted by Crippen LogP contribution is -2.31. The molecular weight excluding hydrogens is 308 g/mol. The second kappa shape index (κ2) is 7.40. The van der Waals surface area contributed by atoms with Crippen molar-refractivity contribution in [3.05, 3.63) is 41.1 Å². The highest BCUT2D eigenvalue weighted by molar-refractivity contribution is 6.05. The molecule has 0 bridgehead atoms. The lowest BCUT2D eigenvalue weighted by Gasteiger charge is -2.12. The van der Waals surface area contributed by atoms with Gasteiger partial charge in [-0.3, -0.25) is 9.78 Å². The van der Waals surface area contributed by atoms with Crippen LogP contribution < -0.4 is 5.32 Å². The van der Waals surface area contributed by atoms with E-state index in [0.717, 1.165) is 41.4 Å². The molecule has 6 nitrogen and oxygen atoms in total. The molecule has 0 aliphatic heterocycles. The first-order valence-corrected chi connectivity index (χ1v) is 8.04. The molecule has 6 heteroatoms. The van der Waals surface area contributed by atoms with Gasteiger partial charge in [0.25, 0.3) is 5.91 Å². The first-order chi connectivity index (χ1) is 11.7. The maximum absolute atomic E-state index is 12.6. The molecule has 24 heavy (non-hydrogen) atoms. The molecule has 0 saturated heterocycles. The van der Waals surface area contributed by atoms with Gasteiger partial charge < -0.3 is 14.8 Å². The fraction of sp³-hybridized carbons (Fsp3) is 0.389. The summed E-state index contributed by atoms with van der Waals surface area (Å²) in [7, 11) is 1.56. The summed E-state index contributed by atoms with van der Waals surface area (Å²) in [6.45, 7) is 0.511. The summed E-state index contributed by atoms with van der Waals surface area (Å²) in [5.74, 6) is -0.802. The Morgan fingerprint density at radius 2 is 2.08 bits per heavy atom. The second-order valence-corrected chi connectivity index (χ2v) is 5.70. The van der Waals surface area contributed by atoms with Crippen molar-refractivity contribution in [2.24, 2.45) is 0 Å². The van der Waals surface area contributed by atoms with Gasteiger partial charge >= 0.3 is 5.97 Å². The minimum atomic E-state index is -0.464. The van der Waals surface area contributed by atoms with E-state index >= 15 is 0 Å². The zero-order valence-corrected chi connectivity index (χ0v) is 13.6. The zero-order valence-electron chi connectivity index (χ0n) is 13.6. The summed E-state index contributed by atoms with van der Waals surface area (Å²) in [6, 6.07) is 7.53. The maximum atomic E-state index is 12.6. The molecule has 3 rings (SSSR count). The normalized spacial score (nSPS) is 12.9. The van der Waals surface area contributed by atoms with Crippen LogP contribution in [0.1, 0.15) is 28.0 Å². The number of carbonyl (C=O) groups is 2. The van der Waals surface area contributed by atoms with Crippen molar-refractivity contribution >= 4 is 22.8 Å². The van der Waals surface area contributed by atoms with Crippen LogP contribution >= 0.6 is 0 Å². The summed E-state index contributed by atoms with van der Waals surface area (Å²) >= 11 is 0. The molecule has 1 aromatic carbocycles. The number of rotatable bonds is 6. The largest absolute Gasteiger partial charge is 0.452 e. The van der Waals surface area contributed by atoms with E-state index in [9.17, 15) is 9.59 Å². The third-order valence-corrected chi connectivity index (χ3v) is 4.09. The fourth-order valence-corrected chi connectivity index (χ4v) is 2.99. The topological polar surface area (TPSA) is 77.5 Å². The van der Waals surface area contributed by atoms with Gasteiger partial charge in [0.05, 0.1) is 17.7 Å². The maximum Gasteiger partial charge on any atom is 0.339 e. The number of fused-ring (bicyclic) bond motifs is 2. The Morgan fingerprint density at radius 3 is 2.92 bits per heavy atom. The quantitative estimate of drug-likeness (QED) is 0.644. The van der Waals surface area contributed by atoms with E-state index in [1.165, 1.54) is 0 Å². The number of hydrogen-bond acceptors (Lipinski definition) is 5. The number of carbonyl (C=O) groups excluding carboxylic acids is 2. The van der Waals surface area contributed by atoms with E-state index in [-0.39, 0.29) is 12.5 Å². The van der Waals surface area contributed by atoms with Gasteiger partial charge in [0.15, 0.2) is 6.61 Å². The molecule has 0 fully saturated rings. The number of nitrogens with one attached hydrogen (secondary N) is 1. The van der Waals surface area contributed by atoms with E-state index in [1.807, 2.05) is 24.3 Å². The number of nitrogens with zero attached hydrogens (tertiary/aromatic N) is 1. The Kier molecular flexibility index (Phi) is 5.05. The summed E-state index contributed by atoms with van der Waals surface area (Å²) in [4.78, 5) is 28.9. The van der Waals surface area contributed by atoms with Crippen LogP contribution in [-0.2, 0) is 27.1 Å². The van der Waals surface area contributed by atoms with Crippen LogP contribution in [0.25, 0.3) is 10.9 Å². The molecule has 1 aliphatic rings. The summed E-state index contributed by atoms with van der Waals surface area (Å²) in [5, 5.41) is 3.41. The predicted molar refractivity (Wildman–Crippen MR) is 88.9 cm³/mol. The van der Waals surface area contributed by atoms with Crippen molar-refractivity contribution in [3.8, 4) is 0 Å². The number of aromatic nitrogens is 1. The van der Waals surface area contributed by atoms with Crippen molar-refractivity contribution in [2.45, 2.75) is 19.3 Å². The van der Waals surface area contributed by atoms with Crippen molar-refractivity contribution in [3.63, 3.8) is 0 Å². The number of benzene rings is 1. The van der Waals surface area contributed by atoms with Crippen molar-refractivity contribution in [1.29, 1.82) is 0 Å². The SMILES string of the molecule is COCCNC(=O)COC(=O)c1c2c(nc3ccccc13)CCC2. The van der Waals surface area contributed by atoms with Gasteiger partial charge in [-0.2, -0.15) is 0 Å². The fourth-order valence-electron chi connectivity index (χ4n) is 2.99. The van der Waals surface area contributed by atoms with Crippen molar-refractivity contribution < 1.29 is 19.1 Å². The highest BCUT2D eigenvalue weighted by atomic mass is 16.5. The Balaban J connectivity index is 1.79. The second-order valence-electron chi connectivity index (χ2n) is 5.70. The minimum Gasteiger partial charge on any atom is -0.452 e. The smallest absolute Gasteiger partial charge is 0.339 e. The Labute approximate surface area is 140 Å².